The van der Waals surface area contributed by atoms with Gasteiger partial charge in [0.05, 0.1) is 17.7 Å². The van der Waals surface area contributed by atoms with Crippen LogP contribution in [0.2, 0.25) is 0 Å². The maximum Gasteiger partial charge on any atom is 0.417 e. The number of amidine groups is 1. The van der Waals surface area contributed by atoms with Gasteiger partial charge in [-0.3, -0.25) is 4.79 Å². The Kier molecular flexibility index (Phi) is 5.99. The van der Waals surface area contributed by atoms with Gasteiger partial charge in [0, 0.05) is 13.1 Å². The molecule has 1 amide bonds. The SMILES string of the molecule is CCO/C(=N\C(=O)c1ccccc1C(F)(F)F)N1Cc2ccccc2-c2ccccc2C1. The largest absolute Gasteiger partial charge is 0.465 e. The molecule has 0 aliphatic carbocycles. The van der Waals surface area contributed by atoms with Crippen LogP contribution in [-0.4, -0.2) is 23.4 Å². The first-order valence-electron chi connectivity index (χ1n) is 10.2. The molecule has 1 heterocycles. The number of carbonyl (C=O) groups is 1. The fraction of sp³-hybridized carbons (Fsp3) is 0.200. The summed E-state index contributed by atoms with van der Waals surface area (Å²) in [5, 5.41) is 0. The second kappa shape index (κ2) is 8.86. The Morgan fingerprint density at radius 3 is 2.00 bits per heavy atom. The van der Waals surface area contributed by atoms with Crippen molar-refractivity contribution in [1.29, 1.82) is 0 Å². The average molecular weight is 438 g/mol. The van der Waals surface area contributed by atoms with Crippen molar-refractivity contribution >= 4 is 11.9 Å². The van der Waals surface area contributed by atoms with Crippen LogP contribution in [0.15, 0.2) is 77.8 Å². The highest BCUT2D eigenvalue weighted by atomic mass is 19.4. The van der Waals surface area contributed by atoms with Crippen LogP contribution in [0.5, 0.6) is 0 Å². The van der Waals surface area contributed by atoms with E-state index >= 15 is 0 Å². The number of carbonyl (C=O) groups excluding carboxylic acids is 1. The van der Waals surface area contributed by atoms with Crippen molar-refractivity contribution in [2.45, 2.75) is 26.2 Å². The lowest BCUT2D eigenvalue weighted by molar-refractivity contribution is -0.137. The molecule has 7 heteroatoms. The third kappa shape index (κ3) is 4.37. The van der Waals surface area contributed by atoms with Gasteiger partial charge in [-0.05, 0) is 41.3 Å². The van der Waals surface area contributed by atoms with Crippen LogP contribution < -0.4 is 0 Å². The first-order chi connectivity index (χ1) is 15.4. The summed E-state index contributed by atoms with van der Waals surface area (Å²) in [5.41, 5.74) is 2.62. The molecule has 0 fully saturated rings. The number of benzene rings is 3. The molecule has 0 saturated carbocycles. The molecule has 4 nitrogen and oxygen atoms in total. The van der Waals surface area contributed by atoms with Crippen molar-refractivity contribution in [3.63, 3.8) is 0 Å². The summed E-state index contributed by atoms with van der Waals surface area (Å²) in [7, 11) is 0. The molecule has 0 saturated heterocycles. The molecule has 0 bridgehead atoms. The number of hydrogen-bond donors (Lipinski definition) is 0. The van der Waals surface area contributed by atoms with Crippen LogP contribution in [-0.2, 0) is 24.0 Å². The lowest BCUT2D eigenvalue weighted by Crippen LogP contribution is -2.32. The first-order valence-corrected chi connectivity index (χ1v) is 10.2. The first kappa shape index (κ1) is 21.6. The molecule has 1 aliphatic heterocycles. The molecular weight excluding hydrogens is 417 g/mol. The third-order valence-corrected chi connectivity index (χ3v) is 5.25. The molecule has 4 rings (SSSR count). The Hall–Kier alpha value is -3.61. The molecule has 32 heavy (non-hydrogen) atoms. The topological polar surface area (TPSA) is 41.9 Å². The number of ether oxygens (including phenoxy) is 1. The van der Waals surface area contributed by atoms with Crippen LogP contribution >= 0.6 is 0 Å². The van der Waals surface area contributed by atoms with Crippen molar-refractivity contribution in [2.75, 3.05) is 6.61 Å². The van der Waals surface area contributed by atoms with E-state index in [1.54, 1.807) is 11.8 Å². The Morgan fingerprint density at radius 1 is 0.906 bits per heavy atom. The number of fused-ring (bicyclic) bond motifs is 3. The molecule has 1 aliphatic rings. The zero-order valence-corrected chi connectivity index (χ0v) is 17.4. The van der Waals surface area contributed by atoms with Gasteiger partial charge in [-0.25, -0.2) is 0 Å². The number of hydrogen-bond acceptors (Lipinski definition) is 2. The molecule has 0 atom stereocenters. The predicted molar refractivity (Wildman–Crippen MR) is 116 cm³/mol. The van der Waals surface area contributed by atoms with Gasteiger partial charge in [-0.15, -0.1) is 0 Å². The fourth-order valence-corrected chi connectivity index (χ4v) is 3.83. The smallest absolute Gasteiger partial charge is 0.417 e. The predicted octanol–water partition coefficient (Wildman–Crippen LogP) is 5.92. The number of alkyl halides is 3. The van der Waals surface area contributed by atoms with E-state index in [1.807, 2.05) is 48.5 Å². The molecule has 0 unspecified atom stereocenters. The van der Waals surface area contributed by atoms with E-state index in [9.17, 15) is 18.0 Å². The highest BCUT2D eigenvalue weighted by molar-refractivity contribution is 6.02. The minimum Gasteiger partial charge on any atom is -0.465 e. The lowest BCUT2D eigenvalue weighted by atomic mass is 9.97. The van der Waals surface area contributed by atoms with E-state index in [4.69, 9.17) is 4.74 Å². The second-order valence-corrected chi connectivity index (χ2v) is 7.35. The van der Waals surface area contributed by atoms with Crippen molar-refractivity contribution < 1.29 is 22.7 Å². The molecule has 3 aromatic carbocycles. The summed E-state index contributed by atoms with van der Waals surface area (Å²) in [4.78, 5) is 18.6. The Morgan fingerprint density at radius 2 is 1.44 bits per heavy atom. The second-order valence-electron chi connectivity index (χ2n) is 7.35. The monoisotopic (exact) mass is 438 g/mol. The van der Waals surface area contributed by atoms with Crippen molar-refractivity contribution in [2.24, 2.45) is 4.99 Å². The van der Waals surface area contributed by atoms with Crippen molar-refractivity contribution in [1.82, 2.24) is 4.90 Å². The van der Waals surface area contributed by atoms with E-state index in [2.05, 4.69) is 4.99 Å². The fourth-order valence-electron chi connectivity index (χ4n) is 3.83. The summed E-state index contributed by atoms with van der Waals surface area (Å²) in [5.74, 6) is -0.993. The summed E-state index contributed by atoms with van der Waals surface area (Å²) >= 11 is 0. The normalized spacial score (nSPS) is 13.8. The Balaban J connectivity index is 1.76. The van der Waals surface area contributed by atoms with E-state index in [1.165, 1.54) is 12.1 Å². The lowest BCUT2D eigenvalue weighted by Gasteiger charge is -2.24. The quantitative estimate of drug-likeness (QED) is 0.368. The standard InChI is InChI=1S/C25H21F3N2O2/c1-2-32-24(29-23(31)21-13-7-8-14-22(21)25(26,27)28)30-15-17-9-3-5-11-19(17)20-12-6-4-10-18(20)16-30/h3-14H,2,15-16H2,1H3/b29-24-. The zero-order valence-electron chi connectivity index (χ0n) is 17.4. The van der Waals surface area contributed by atoms with Crippen LogP contribution in [0.4, 0.5) is 13.2 Å². The van der Waals surface area contributed by atoms with Gasteiger partial charge < -0.3 is 9.64 Å². The summed E-state index contributed by atoms with van der Waals surface area (Å²) < 4.78 is 45.8. The summed E-state index contributed by atoms with van der Waals surface area (Å²) in [6.45, 7) is 2.76. The number of amides is 1. The van der Waals surface area contributed by atoms with Crippen LogP contribution in [0.25, 0.3) is 11.1 Å². The van der Waals surface area contributed by atoms with Gasteiger partial charge in [-0.1, -0.05) is 60.7 Å². The van der Waals surface area contributed by atoms with Gasteiger partial charge in [0.25, 0.3) is 11.9 Å². The van der Waals surface area contributed by atoms with Gasteiger partial charge in [-0.2, -0.15) is 18.2 Å². The van der Waals surface area contributed by atoms with Crippen LogP contribution in [0.1, 0.15) is 34.0 Å². The minimum absolute atomic E-state index is 0.000911. The molecular formula is C25H21F3N2O2. The molecule has 3 aromatic rings. The van der Waals surface area contributed by atoms with Gasteiger partial charge in [0.2, 0.25) is 0 Å². The molecule has 0 spiro atoms. The number of nitrogens with zero attached hydrogens (tertiary/aromatic N) is 2. The van der Waals surface area contributed by atoms with Crippen LogP contribution in [0, 0.1) is 0 Å². The minimum atomic E-state index is -4.66. The zero-order chi connectivity index (χ0) is 22.7. The average Bonchev–Trinajstić information content (AvgIpc) is 2.95. The maximum atomic E-state index is 13.4. The Bertz CT molecular complexity index is 1120. The van der Waals surface area contributed by atoms with Gasteiger partial charge in [0.15, 0.2) is 0 Å². The summed E-state index contributed by atoms with van der Waals surface area (Å²) in [6, 6.07) is 20.4. The van der Waals surface area contributed by atoms with Crippen molar-refractivity contribution in [3.05, 3.63) is 95.1 Å². The highest BCUT2D eigenvalue weighted by Crippen LogP contribution is 2.34. The third-order valence-electron chi connectivity index (χ3n) is 5.25. The molecule has 0 radical (unpaired) electrons. The number of rotatable bonds is 2. The molecule has 0 N–H and O–H groups in total. The Labute approximate surface area is 184 Å². The number of aliphatic imine (C=N–C) groups is 1. The highest BCUT2D eigenvalue weighted by Gasteiger charge is 2.35. The maximum absolute atomic E-state index is 13.4. The van der Waals surface area contributed by atoms with E-state index in [0.717, 1.165) is 34.4 Å². The van der Waals surface area contributed by atoms with E-state index in [0.29, 0.717) is 13.1 Å². The number of halogens is 3. The molecule has 0 aromatic heterocycles. The summed E-state index contributed by atoms with van der Waals surface area (Å²) in [6.07, 6.45) is -4.66. The molecule has 164 valence electrons. The van der Waals surface area contributed by atoms with Crippen LogP contribution in [0.3, 0.4) is 0 Å². The van der Waals surface area contributed by atoms with Crippen molar-refractivity contribution in [3.8, 4) is 11.1 Å². The van der Waals surface area contributed by atoms with E-state index in [-0.39, 0.29) is 12.6 Å². The van der Waals surface area contributed by atoms with Gasteiger partial charge >= 0.3 is 6.18 Å². The van der Waals surface area contributed by atoms with E-state index < -0.39 is 23.2 Å². The van der Waals surface area contributed by atoms with Gasteiger partial charge in [0.1, 0.15) is 0 Å².